The van der Waals surface area contributed by atoms with E-state index in [2.05, 4.69) is 34.3 Å². The van der Waals surface area contributed by atoms with Gasteiger partial charge in [0, 0.05) is 13.1 Å². The summed E-state index contributed by atoms with van der Waals surface area (Å²) in [6, 6.07) is 0. The number of likely N-dealkylation sites (tertiary alicyclic amines) is 1. The minimum atomic E-state index is -0.358. The Labute approximate surface area is 140 Å². The lowest BCUT2D eigenvalue weighted by Gasteiger charge is -2.34. The van der Waals surface area contributed by atoms with E-state index in [0.29, 0.717) is 40.6 Å². The van der Waals surface area contributed by atoms with E-state index in [9.17, 15) is 9.59 Å². The van der Waals surface area contributed by atoms with Gasteiger partial charge in [0.2, 0.25) is 11.8 Å². The summed E-state index contributed by atoms with van der Waals surface area (Å²) in [6.07, 6.45) is 1.20. The lowest BCUT2D eigenvalue weighted by atomic mass is 9.92. The molecule has 0 radical (unpaired) electrons. The van der Waals surface area contributed by atoms with Gasteiger partial charge >= 0.3 is 0 Å². The van der Waals surface area contributed by atoms with Crippen molar-refractivity contribution < 1.29 is 9.21 Å². The number of H-pyrrole nitrogens is 1. The Hall–Kier alpha value is -2.15. The maximum absolute atomic E-state index is 12.4. The van der Waals surface area contributed by atoms with E-state index in [1.165, 1.54) is 6.42 Å². The third kappa shape index (κ3) is 3.21. The molecular weight excluding hydrogens is 308 g/mol. The van der Waals surface area contributed by atoms with Crippen molar-refractivity contribution in [3.05, 3.63) is 21.8 Å². The number of anilines is 1. The van der Waals surface area contributed by atoms with Crippen LogP contribution in [0.25, 0.3) is 10.8 Å². The molecule has 2 N–H and O–H groups in total. The van der Waals surface area contributed by atoms with E-state index in [4.69, 9.17) is 4.42 Å². The van der Waals surface area contributed by atoms with Crippen LogP contribution in [0.3, 0.4) is 0 Å². The van der Waals surface area contributed by atoms with Gasteiger partial charge in [0.05, 0.1) is 17.6 Å². The van der Waals surface area contributed by atoms with Crippen molar-refractivity contribution in [1.29, 1.82) is 0 Å². The van der Waals surface area contributed by atoms with Gasteiger partial charge in [0.15, 0.2) is 0 Å². The summed E-state index contributed by atoms with van der Waals surface area (Å²) in [6.45, 7) is 10.1. The molecule has 2 unspecified atom stereocenters. The monoisotopic (exact) mass is 332 g/mol. The molecule has 1 aliphatic rings. The number of amides is 1. The summed E-state index contributed by atoms with van der Waals surface area (Å²) in [4.78, 5) is 26.6. The lowest BCUT2D eigenvalue weighted by molar-refractivity contribution is -0.118. The van der Waals surface area contributed by atoms with Crippen LogP contribution >= 0.6 is 0 Å². The van der Waals surface area contributed by atoms with Crippen LogP contribution < -0.4 is 10.9 Å². The first-order chi connectivity index (χ1) is 11.3. The highest BCUT2D eigenvalue weighted by molar-refractivity contribution is 6.01. The average molecular weight is 332 g/mol. The molecule has 2 atom stereocenters. The number of piperidine rings is 1. The molecule has 0 aliphatic carbocycles. The van der Waals surface area contributed by atoms with Gasteiger partial charge in [0.1, 0.15) is 11.1 Å². The van der Waals surface area contributed by atoms with Crippen molar-refractivity contribution >= 4 is 22.6 Å². The second-order valence-corrected chi connectivity index (χ2v) is 7.06. The molecule has 1 aliphatic heterocycles. The summed E-state index contributed by atoms with van der Waals surface area (Å²) in [7, 11) is 0. The van der Waals surface area contributed by atoms with E-state index < -0.39 is 0 Å². The molecule has 0 aromatic carbocycles. The van der Waals surface area contributed by atoms with Crippen LogP contribution in [0.2, 0.25) is 0 Å². The molecule has 24 heavy (non-hydrogen) atoms. The predicted octanol–water partition coefficient (Wildman–Crippen LogP) is 2.05. The van der Waals surface area contributed by atoms with Crippen LogP contribution in [0.5, 0.6) is 0 Å². The second-order valence-electron chi connectivity index (χ2n) is 7.06. The Balaban J connectivity index is 1.79. The van der Waals surface area contributed by atoms with Gasteiger partial charge in [-0.2, -0.15) is 5.10 Å². The molecule has 1 amide bonds. The fourth-order valence-corrected chi connectivity index (χ4v) is 3.82. The minimum Gasteiger partial charge on any atom is -0.444 e. The predicted molar refractivity (Wildman–Crippen MR) is 92.1 cm³/mol. The van der Waals surface area contributed by atoms with Gasteiger partial charge in [-0.1, -0.05) is 13.8 Å². The highest BCUT2D eigenvalue weighted by Crippen LogP contribution is 2.28. The average Bonchev–Trinajstić information content (AvgIpc) is 2.79. The third-order valence-corrected chi connectivity index (χ3v) is 4.56. The van der Waals surface area contributed by atoms with E-state index in [-0.39, 0.29) is 17.4 Å². The number of carbonyl (C=O) groups is 1. The van der Waals surface area contributed by atoms with Crippen molar-refractivity contribution in [1.82, 2.24) is 15.1 Å². The Morgan fingerprint density at radius 3 is 2.62 bits per heavy atom. The molecule has 2 aromatic heterocycles. The number of hydrogen-bond donors (Lipinski definition) is 2. The Morgan fingerprint density at radius 1 is 1.29 bits per heavy atom. The van der Waals surface area contributed by atoms with Crippen molar-refractivity contribution in [3.8, 4) is 0 Å². The van der Waals surface area contributed by atoms with Gasteiger partial charge in [0.25, 0.3) is 5.56 Å². The van der Waals surface area contributed by atoms with Crippen LogP contribution in [0.4, 0.5) is 5.88 Å². The number of hydrogen-bond acceptors (Lipinski definition) is 5. The van der Waals surface area contributed by atoms with Crippen molar-refractivity contribution in [2.45, 2.75) is 34.1 Å². The lowest BCUT2D eigenvalue weighted by Crippen LogP contribution is -2.42. The summed E-state index contributed by atoms with van der Waals surface area (Å²) in [5.41, 5.74) is 0.313. The molecule has 1 saturated heterocycles. The fourth-order valence-electron chi connectivity index (χ4n) is 3.82. The number of aromatic amines is 1. The normalized spacial score (nSPS) is 22.0. The van der Waals surface area contributed by atoms with Gasteiger partial charge in [-0.15, -0.1) is 0 Å². The summed E-state index contributed by atoms with van der Waals surface area (Å²) in [5.74, 6) is 1.80. The molecule has 0 bridgehead atoms. The maximum Gasteiger partial charge on any atom is 0.277 e. The fraction of sp³-hybridized carbons (Fsp3) is 0.588. The quantitative estimate of drug-likeness (QED) is 0.897. The zero-order chi connectivity index (χ0) is 17.4. The Kier molecular flexibility index (Phi) is 4.45. The first kappa shape index (κ1) is 16.7. The van der Waals surface area contributed by atoms with E-state index in [1.54, 1.807) is 13.8 Å². The highest BCUT2D eigenvalue weighted by atomic mass is 16.4. The van der Waals surface area contributed by atoms with Gasteiger partial charge < -0.3 is 4.42 Å². The van der Waals surface area contributed by atoms with Crippen LogP contribution in [0, 0.1) is 25.7 Å². The number of nitrogens with zero attached hydrogens (tertiary/aromatic N) is 2. The van der Waals surface area contributed by atoms with Crippen LogP contribution in [0.15, 0.2) is 9.21 Å². The number of aryl methyl sites for hydroxylation is 2. The number of carbonyl (C=O) groups excluding carboxylic acids is 1. The van der Waals surface area contributed by atoms with Gasteiger partial charge in [-0.25, -0.2) is 5.10 Å². The van der Waals surface area contributed by atoms with Crippen LogP contribution in [-0.2, 0) is 4.79 Å². The van der Waals surface area contributed by atoms with Crippen molar-refractivity contribution in [2.24, 2.45) is 11.8 Å². The molecule has 7 heteroatoms. The number of furan rings is 1. The summed E-state index contributed by atoms with van der Waals surface area (Å²) in [5, 5.41) is 10.2. The largest absolute Gasteiger partial charge is 0.444 e. The number of rotatable bonds is 3. The highest BCUT2D eigenvalue weighted by Gasteiger charge is 2.24. The number of fused-ring (bicyclic) bond motifs is 1. The Bertz CT molecular complexity index is 813. The molecule has 130 valence electrons. The maximum atomic E-state index is 12.4. The van der Waals surface area contributed by atoms with E-state index in [0.717, 1.165) is 13.1 Å². The zero-order valence-electron chi connectivity index (χ0n) is 14.6. The summed E-state index contributed by atoms with van der Waals surface area (Å²) < 4.78 is 5.62. The van der Waals surface area contributed by atoms with Crippen molar-refractivity contribution in [2.75, 3.05) is 25.0 Å². The minimum absolute atomic E-state index is 0.166. The molecule has 3 rings (SSSR count). The van der Waals surface area contributed by atoms with Gasteiger partial charge in [-0.3, -0.25) is 19.8 Å². The Morgan fingerprint density at radius 2 is 1.96 bits per heavy atom. The molecule has 0 saturated carbocycles. The van der Waals surface area contributed by atoms with E-state index in [1.807, 2.05) is 0 Å². The first-order valence-electron chi connectivity index (χ1n) is 8.35. The summed E-state index contributed by atoms with van der Waals surface area (Å²) >= 11 is 0. The second kappa shape index (κ2) is 6.39. The molecule has 3 heterocycles. The zero-order valence-corrected chi connectivity index (χ0v) is 14.6. The molecule has 7 nitrogen and oxygen atoms in total. The number of aromatic nitrogens is 2. The SMILES string of the molecule is Cc1n[nH]c(=O)c2c(NC(=O)CN3CC(C)CC(C)C3)oc(C)c12. The van der Waals surface area contributed by atoms with Crippen molar-refractivity contribution in [3.63, 3.8) is 0 Å². The molecule has 2 aromatic rings. The number of nitrogens with one attached hydrogen (secondary N) is 2. The van der Waals surface area contributed by atoms with E-state index >= 15 is 0 Å². The third-order valence-electron chi connectivity index (χ3n) is 4.56. The van der Waals surface area contributed by atoms with Gasteiger partial charge in [-0.05, 0) is 32.1 Å². The topological polar surface area (TPSA) is 91.2 Å². The van der Waals surface area contributed by atoms with Crippen LogP contribution in [0.1, 0.15) is 31.7 Å². The van der Waals surface area contributed by atoms with Crippen LogP contribution in [-0.4, -0.2) is 40.6 Å². The molecule has 1 fully saturated rings. The standard InChI is InChI=1S/C17H24N4O3/c1-9-5-10(2)7-21(6-9)8-13(22)18-17-15-14(12(4)24-17)11(3)19-20-16(15)23/h9-10H,5-8H2,1-4H3,(H,18,22)(H,20,23). The molecular formula is C17H24N4O3. The smallest absolute Gasteiger partial charge is 0.277 e. The molecule has 0 spiro atoms. The first-order valence-corrected chi connectivity index (χ1v) is 8.35.